The van der Waals surface area contributed by atoms with Crippen LogP contribution in [0.25, 0.3) is 0 Å². The number of hydrogen-bond acceptors (Lipinski definition) is 4. The molecule has 4 aliphatic rings. The molecule has 3 unspecified atom stereocenters. The molecule has 6 rings (SSSR count). The molecule has 2 N–H and O–H groups in total. The molecule has 7 nitrogen and oxygen atoms in total. The lowest BCUT2D eigenvalue weighted by Crippen LogP contribution is -2.56. The summed E-state index contributed by atoms with van der Waals surface area (Å²) < 4.78 is 7.37. The molecular formula is C31H34BrN3O4. The van der Waals surface area contributed by atoms with Gasteiger partial charge in [0, 0.05) is 22.7 Å². The van der Waals surface area contributed by atoms with Crippen molar-refractivity contribution in [2.24, 2.45) is 11.8 Å². The topological polar surface area (TPSA) is 87.7 Å². The van der Waals surface area contributed by atoms with Gasteiger partial charge in [-0.25, -0.2) is 0 Å². The van der Waals surface area contributed by atoms with Gasteiger partial charge in [0.25, 0.3) is 0 Å². The zero-order valence-corrected chi connectivity index (χ0v) is 23.7. The van der Waals surface area contributed by atoms with E-state index in [1.807, 2.05) is 43.3 Å². The molecule has 3 heterocycles. The van der Waals surface area contributed by atoms with E-state index in [4.69, 9.17) is 4.74 Å². The number of nitrogens with zero attached hydrogens (tertiary/aromatic N) is 1. The summed E-state index contributed by atoms with van der Waals surface area (Å²) in [5, 5.41) is 6.21. The molecule has 8 heteroatoms. The molecule has 2 aromatic carbocycles. The highest BCUT2D eigenvalue weighted by Crippen LogP contribution is 2.55. The maximum atomic E-state index is 14.1. The highest BCUT2D eigenvalue weighted by molar-refractivity contribution is 9.10. The molecule has 1 saturated carbocycles. The van der Waals surface area contributed by atoms with E-state index in [1.165, 1.54) is 12.0 Å². The van der Waals surface area contributed by atoms with Crippen molar-refractivity contribution in [3.05, 3.63) is 76.3 Å². The Kier molecular flexibility index (Phi) is 7.10. The van der Waals surface area contributed by atoms with E-state index in [-0.39, 0.29) is 23.8 Å². The summed E-state index contributed by atoms with van der Waals surface area (Å²) >= 11 is 3.42. The van der Waals surface area contributed by atoms with Crippen molar-refractivity contribution in [1.29, 1.82) is 0 Å². The largest absolute Gasteiger partial charge is 0.359 e. The number of carbonyl (C=O) groups is 3. The average Bonchev–Trinajstić information content (AvgIpc) is 3.57. The number of aryl methyl sites for hydroxylation is 1. The monoisotopic (exact) mass is 591 g/mol. The Morgan fingerprint density at radius 1 is 1.03 bits per heavy atom. The predicted octanol–water partition coefficient (Wildman–Crippen LogP) is 4.54. The molecule has 3 amide bonds. The maximum Gasteiger partial charge on any atom is 0.246 e. The van der Waals surface area contributed by atoms with Crippen molar-refractivity contribution >= 4 is 39.3 Å². The second-order valence-corrected chi connectivity index (χ2v) is 12.2. The van der Waals surface area contributed by atoms with Crippen LogP contribution in [-0.2, 0) is 25.5 Å². The smallest absolute Gasteiger partial charge is 0.246 e. The van der Waals surface area contributed by atoms with Gasteiger partial charge in [0.2, 0.25) is 17.7 Å². The fourth-order valence-corrected chi connectivity index (χ4v) is 7.06. The van der Waals surface area contributed by atoms with Gasteiger partial charge < -0.3 is 20.3 Å². The van der Waals surface area contributed by atoms with Gasteiger partial charge >= 0.3 is 0 Å². The lowest BCUT2D eigenvalue weighted by molar-refractivity contribution is -0.141. The molecule has 0 radical (unpaired) electrons. The number of likely N-dealkylation sites (tertiary alicyclic amines) is 1. The van der Waals surface area contributed by atoms with Crippen LogP contribution in [0.2, 0.25) is 0 Å². The summed E-state index contributed by atoms with van der Waals surface area (Å²) in [5.74, 6) is -2.09. The van der Waals surface area contributed by atoms with Crippen molar-refractivity contribution in [2.45, 2.75) is 69.2 Å². The normalized spacial score (nSPS) is 29.5. The third-order valence-electron chi connectivity index (χ3n) is 8.75. The van der Waals surface area contributed by atoms with Crippen LogP contribution in [-0.4, -0.2) is 53.0 Å². The van der Waals surface area contributed by atoms with Crippen molar-refractivity contribution in [3.8, 4) is 0 Å². The Morgan fingerprint density at radius 2 is 1.74 bits per heavy atom. The fourth-order valence-electron chi connectivity index (χ4n) is 6.80. The standard InChI is InChI=1S/C31H34BrN3O4/c1-19-7-9-20(10-8-19)16-18-35-27(29(37)34-22-5-3-2-4-6-22)31-17-15-24(39-31)25(26(31)30(35)38)28(36)33-23-13-11-21(32)12-14-23/h7-15,17,22,24-27H,2-6,16,18H2,1H3,(H,33,36)(H,34,37)/t24-,25?,26-,27?,31?/m0/s1. The summed E-state index contributed by atoms with van der Waals surface area (Å²) in [4.78, 5) is 43.3. The minimum absolute atomic E-state index is 0.106. The molecule has 2 saturated heterocycles. The van der Waals surface area contributed by atoms with Crippen LogP contribution < -0.4 is 10.6 Å². The predicted molar refractivity (Wildman–Crippen MR) is 152 cm³/mol. The molecule has 1 spiro atoms. The minimum Gasteiger partial charge on any atom is -0.359 e. The summed E-state index contributed by atoms with van der Waals surface area (Å²) in [6.45, 7) is 2.42. The van der Waals surface area contributed by atoms with E-state index >= 15 is 0 Å². The van der Waals surface area contributed by atoms with E-state index in [9.17, 15) is 14.4 Å². The van der Waals surface area contributed by atoms with E-state index in [1.54, 1.807) is 4.90 Å². The zero-order valence-electron chi connectivity index (χ0n) is 22.1. The van der Waals surface area contributed by atoms with Crippen LogP contribution in [0, 0.1) is 18.8 Å². The van der Waals surface area contributed by atoms with Crippen molar-refractivity contribution < 1.29 is 19.1 Å². The summed E-state index contributed by atoms with van der Waals surface area (Å²) in [6.07, 6.45) is 9.08. The van der Waals surface area contributed by atoms with E-state index in [0.29, 0.717) is 18.7 Å². The Morgan fingerprint density at radius 3 is 2.46 bits per heavy atom. The first-order chi connectivity index (χ1) is 18.9. The number of hydrogen-bond donors (Lipinski definition) is 2. The second kappa shape index (κ2) is 10.5. The lowest BCUT2D eigenvalue weighted by atomic mass is 9.74. The number of carbonyl (C=O) groups excluding carboxylic acids is 3. The lowest BCUT2D eigenvalue weighted by Gasteiger charge is -2.34. The highest BCUT2D eigenvalue weighted by atomic mass is 79.9. The molecule has 2 aromatic rings. The Balaban J connectivity index is 1.28. The third-order valence-corrected chi connectivity index (χ3v) is 9.28. The van der Waals surface area contributed by atoms with Gasteiger partial charge in [-0.15, -0.1) is 0 Å². The first-order valence-corrected chi connectivity index (χ1v) is 14.7. The first-order valence-electron chi connectivity index (χ1n) is 14.0. The van der Waals surface area contributed by atoms with Gasteiger partial charge in [-0.1, -0.05) is 77.2 Å². The number of halogens is 1. The van der Waals surface area contributed by atoms with Crippen molar-refractivity contribution in [3.63, 3.8) is 0 Å². The number of fused-ring (bicyclic) bond motifs is 1. The fraction of sp³-hybridized carbons (Fsp3) is 0.452. The molecule has 204 valence electrons. The van der Waals surface area contributed by atoms with Gasteiger partial charge in [0.05, 0.1) is 17.9 Å². The number of amides is 3. The number of rotatable bonds is 7. The van der Waals surface area contributed by atoms with Crippen LogP contribution in [0.5, 0.6) is 0 Å². The molecule has 39 heavy (non-hydrogen) atoms. The van der Waals surface area contributed by atoms with Crippen molar-refractivity contribution in [2.75, 3.05) is 11.9 Å². The summed E-state index contributed by atoms with van der Waals surface area (Å²) in [5.41, 5.74) is 1.77. The van der Waals surface area contributed by atoms with Crippen molar-refractivity contribution in [1.82, 2.24) is 10.2 Å². The Bertz CT molecular complexity index is 1290. The van der Waals surface area contributed by atoms with Gasteiger partial charge in [-0.05, 0) is 56.0 Å². The van der Waals surface area contributed by atoms with E-state index in [0.717, 1.165) is 35.7 Å². The highest BCUT2D eigenvalue weighted by Gasteiger charge is 2.72. The van der Waals surface area contributed by atoms with Gasteiger partial charge in [-0.2, -0.15) is 0 Å². The number of anilines is 1. The first kappa shape index (κ1) is 26.3. The molecule has 1 aliphatic carbocycles. The van der Waals surface area contributed by atoms with Gasteiger partial charge in [0.15, 0.2) is 0 Å². The van der Waals surface area contributed by atoms with Gasteiger partial charge in [-0.3, -0.25) is 14.4 Å². The number of benzene rings is 2. The van der Waals surface area contributed by atoms with Crippen LogP contribution >= 0.6 is 15.9 Å². The molecular weight excluding hydrogens is 558 g/mol. The van der Waals surface area contributed by atoms with Crippen LogP contribution in [0.15, 0.2) is 65.2 Å². The molecule has 3 fully saturated rings. The maximum absolute atomic E-state index is 14.1. The Labute approximate surface area is 237 Å². The summed E-state index contributed by atoms with van der Waals surface area (Å²) in [6, 6.07) is 14.9. The van der Waals surface area contributed by atoms with Gasteiger partial charge in [0.1, 0.15) is 11.6 Å². The van der Waals surface area contributed by atoms with Crippen LogP contribution in [0.1, 0.15) is 43.2 Å². The SMILES string of the molecule is Cc1ccc(CCN2C(=O)[C@@H]3C(C(=O)Nc4ccc(Br)cc4)[C@@H]4C=CC3(O4)C2C(=O)NC2CCCCC2)cc1. The van der Waals surface area contributed by atoms with Crippen LogP contribution in [0.3, 0.4) is 0 Å². The third kappa shape index (κ3) is 4.82. The molecule has 0 aromatic heterocycles. The molecule has 2 bridgehead atoms. The summed E-state index contributed by atoms with van der Waals surface area (Å²) in [7, 11) is 0. The quantitative estimate of drug-likeness (QED) is 0.463. The number of ether oxygens (including phenoxy) is 1. The van der Waals surface area contributed by atoms with E-state index < -0.39 is 29.6 Å². The minimum atomic E-state index is -1.14. The molecule has 5 atom stereocenters. The number of nitrogens with one attached hydrogen (secondary N) is 2. The van der Waals surface area contributed by atoms with Crippen LogP contribution in [0.4, 0.5) is 5.69 Å². The second-order valence-electron chi connectivity index (χ2n) is 11.3. The zero-order chi connectivity index (χ0) is 27.1. The molecule has 3 aliphatic heterocycles. The Hall–Kier alpha value is -2.97. The average molecular weight is 593 g/mol. The van der Waals surface area contributed by atoms with E-state index in [2.05, 4.69) is 50.8 Å².